The van der Waals surface area contributed by atoms with Crippen LogP contribution in [0.15, 0.2) is 42.1 Å². The Morgan fingerprint density at radius 3 is 2.87 bits per heavy atom. The summed E-state index contributed by atoms with van der Waals surface area (Å²) in [6.45, 7) is 8.14. The second kappa shape index (κ2) is 10.6. The summed E-state index contributed by atoms with van der Waals surface area (Å²) in [7, 11) is 0. The third kappa shape index (κ3) is 5.59. The molecule has 0 fully saturated rings. The van der Waals surface area contributed by atoms with Crippen LogP contribution in [0.1, 0.15) is 30.8 Å². The molecule has 1 amide bonds. The van der Waals surface area contributed by atoms with Crippen LogP contribution < -0.4 is 10.1 Å². The van der Waals surface area contributed by atoms with Gasteiger partial charge in [-0.25, -0.2) is 0 Å². The molecule has 0 aliphatic carbocycles. The topological polar surface area (TPSA) is 94.8 Å². The number of allylic oxidation sites excluding steroid dienone is 1. The molecule has 1 atom stereocenters. The van der Waals surface area contributed by atoms with Crippen molar-refractivity contribution in [2.24, 2.45) is 0 Å². The summed E-state index contributed by atoms with van der Waals surface area (Å²) in [4.78, 5) is 12.3. The van der Waals surface area contributed by atoms with E-state index in [1.165, 1.54) is 23.1 Å². The highest BCUT2D eigenvalue weighted by Gasteiger charge is 2.20. The van der Waals surface area contributed by atoms with Crippen LogP contribution in [0.4, 0.5) is 5.13 Å². The first-order chi connectivity index (χ1) is 14.5. The van der Waals surface area contributed by atoms with Gasteiger partial charge >= 0.3 is 0 Å². The number of aryl methyl sites for hydroxylation is 1. The third-order valence-electron chi connectivity index (χ3n) is 3.91. The average Bonchev–Trinajstić information content (AvgIpc) is 3.35. The average molecular weight is 465 g/mol. The van der Waals surface area contributed by atoms with Crippen molar-refractivity contribution in [3.05, 3.63) is 52.8 Å². The summed E-state index contributed by atoms with van der Waals surface area (Å²) in [6, 6.07) is 7.25. The molecule has 1 aromatic carbocycles. The number of amides is 1. The summed E-state index contributed by atoms with van der Waals surface area (Å²) in [5, 5.41) is 21.7. The third-order valence-corrected chi connectivity index (χ3v) is 6.17. The first-order valence-electron chi connectivity index (χ1n) is 9.22. The predicted octanol–water partition coefficient (Wildman–Crippen LogP) is 4.40. The van der Waals surface area contributed by atoms with Crippen LogP contribution in [-0.4, -0.2) is 36.6 Å². The Labute approximate surface area is 187 Å². The molecule has 0 radical (unpaired) electrons. The van der Waals surface area contributed by atoms with Crippen LogP contribution in [0.5, 0.6) is 5.75 Å². The van der Waals surface area contributed by atoms with Gasteiger partial charge in [0, 0.05) is 6.54 Å². The number of anilines is 1. The lowest BCUT2D eigenvalue weighted by Crippen LogP contribution is -2.15. The molecule has 0 aliphatic rings. The summed E-state index contributed by atoms with van der Waals surface area (Å²) in [5.74, 6) is 1.16. The van der Waals surface area contributed by atoms with E-state index in [0.717, 1.165) is 11.4 Å². The van der Waals surface area contributed by atoms with Gasteiger partial charge in [-0.15, -0.1) is 27.0 Å². The molecule has 0 bridgehead atoms. The van der Waals surface area contributed by atoms with E-state index in [1.807, 2.05) is 30.5 Å². The normalized spacial score (nSPS) is 11.8. The number of nitrogens with zero attached hydrogens (tertiary/aromatic N) is 5. The zero-order chi connectivity index (χ0) is 21.5. The Hall–Kier alpha value is -2.43. The summed E-state index contributed by atoms with van der Waals surface area (Å²) in [6.07, 6.45) is 2.13. The standard InChI is InChI=1S/C19H21ClN6O2S2/c1-4-10-26-17(12(3)28-14-9-7-6-8-13(14)20)23-25-19(26)29-11-15(27)21-18-24-22-16(5-2)30-18/h4,6-9,12H,1,5,10-11H2,2-3H3,(H,21,24,27). The Bertz CT molecular complexity index is 1020. The molecule has 3 rings (SSSR count). The molecule has 30 heavy (non-hydrogen) atoms. The van der Waals surface area contributed by atoms with Gasteiger partial charge in [-0.3, -0.25) is 14.7 Å². The smallest absolute Gasteiger partial charge is 0.236 e. The minimum atomic E-state index is -0.394. The molecule has 8 nitrogen and oxygen atoms in total. The number of hydrogen-bond donors (Lipinski definition) is 1. The minimum Gasteiger partial charge on any atom is -0.481 e. The van der Waals surface area contributed by atoms with Crippen molar-refractivity contribution in [3.8, 4) is 5.75 Å². The molecule has 2 heterocycles. The van der Waals surface area contributed by atoms with Crippen molar-refractivity contribution in [1.29, 1.82) is 0 Å². The van der Waals surface area contributed by atoms with E-state index < -0.39 is 6.10 Å². The number of carbonyl (C=O) groups is 1. The van der Waals surface area contributed by atoms with Gasteiger partial charge in [0.2, 0.25) is 11.0 Å². The van der Waals surface area contributed by atoms with E-state index >= 15 is 0 Å². The van der Waals surface area contributed by atoms with E-state index in [0.29, 0.717) is 33.4 Å². The van der Waals surface area contributed by atoms with Crippen molar-refractivity contribution in [2.45, 2.75) is 38.1 Å². The number of rotatable bonds is 10. The van der Waals surface area contributed by atoms with E-state index in [9.17, 15) is 4.79 Å². The molecule has 0 saturated carbocycles. The Balaban J connectivity index is 1.66. The maximum atomic E-state index is 12.3. The molecule has 2 aromatic heterocycles. The number of ether oxygens (including phenoxy) is 1. The van der Waals surface area contributed by atoms with Crippen molar-refractivity contribution in [2.75, 3.05) is 11.1 Å². The van der Waals surface area contributed by atoms with Gasteiger partial charge in [0.15, 0.2) is 17.1 Å². The van der Waals surface area contributed by atoms with Crippen molar-refractivity contribution < 1.29 is 9.53 Å². The van der Waals surface area contributed by atoms with Crippen molar-refractivity contribution in [3.63, 3.8) is 0 Å². The molecular formula is C19H21ClN6O2S2. The Morgan fingerprint density at radius 1 is 1.37 bits per heavy atom. The van der Waals surface area contributed by atoms with Crippen LogP contribution in [0, 0.1) is 0 Å². The highest BCUT2D eigenvalue weighted by Crippen LogP contribution is 2.29. The lowest BCUT2D eigenvalue weighted by atomic mass is 10.3. The van der Waals surface area contributed by atoms with E-state index in [4.69, 9.17) is 16.3 Å². The number of hydrogen-bond acceptors (Lipinski definition) is 8. The second-order valence-corrected chi connectivity index (χ2v) is 8.53. The molecule has 158 valence electrons. The van der Waals surface area contributed by atoms with Crippen LogP contribution >= 0.6 is 34.7 Å². The van der Waals surface area contributed by atoms with Gasteiger partial charge in [0.1, 0.15) is 10.8 Å². The summed E-state index contributed by atoms with van der Waals surface area (Å²) < 4.78 is 7.82. The summed E-state index contributed by atoms with van der Waals surface area (Å²) >= 11 is 8.83. The zero-order valence-electron chi connectivity index (χ0n) is 16.5. The fourth-order valence-electron chi connectivity index (χ4n) is 2.52. The molecule has 0 saturated heterocycles. The largest absolute Gasteiger partial charge is 0.481 e. The fourth-order valence-corrected chi connectivity index (χ4v) is 4.15. The number of para-hydroxylation sites is 1. The fraction of sp³-hybridized carbons (Fsp3) is 0.316. The van der Waals surface area contributed by atoms with Gasteiger partial charge in [-0.05, 0) is 25.5 Å². The molecule has 0 aliphatic heterocycles. The van der Waals surface area contributed by atoms with E-state index in [1.54, 1.807) is 18.2 Å². The Kier molecular flexibility index (Phi) is 7.83. The first kappa shape index (κ1) is 22.3. The van der Waals surface area contributed by atoms with Crippen LogP contribution in [-0.2, 0) is 17.8 Å². The molecule has 1 N–H and O–H groups in total. The number of nitrogens with one attached hydrogen (secondary N) is 1. The van der Waals surface area contributed by atoms with Crippen LogP contribution in [0.3, 0.4) is 0 Å². The molecule has 0 spiro atoms. The number of carbonyl (C=O) groups excluding carboxylic acids is 1. The minimum absolute atomic E-state index is 0.163. The van der Waals surface area contributed by atoms with Gasteiger partial charge < -0.3 is 4.74 Å². The van der Waals surface area contributed by atoms with E-state index in [-0.39, 0.29) is 11.7 Å². The zero-order valence-corrected chi connectivity index (χ0v) is 18.9. The lowest BCUT2D eigenvalue weighted by Gasteiger charge is -2.16. The number of halogens is 1. The molecule has 3 aromatic rings. The second-order valence-electron chi connectivity index (χ2n) is 6.12. The quantitative estimate of drug-likeness (QED) is 0.351. The van der Waals surface area contributed by atoms with Crippen molar-refractivity contribution in [1.82, 2.24) is 25.0 Å². The SMILES string of the molecule is C=CCn1c(SCC(=O)Nc2nnc(CC)s2)nnc1C(C)Oc1ccccc1Cl. The Morgan fingerprint density at radius 2 is 2.17 bits per heavy atom. The predicted molar refractivity (Wildman–Crippen MR) is 119 cm³/mol. The highest BCUT2D eigenvalue weighted by molar-refractivity contribution is 7.99. The van der Waals surface area contributed by atoms with Gasteiger partial charge in [0.25, 0.3) is 0 Å². The van der Waals surface area contributed by atoms with Crippen molar-refractivity contribution >= 4 is 45.7 Å². The number of aromatic nitrogens is 5. The maximum Gasteiger partial charge on any atom is 0.236 e. The lowest BCUT2D eigenvalue weighted by molar-refractivity contribution is -0.113. The number of benzene rings is 1. The maximum absolute atomic E-state index is 12.3. The van der Waals surface area contributed by atoms with E-state index in [2.05, 4.69) is 32.3 Å². The summed E-state index contributed by atoms with van der Waals surface area (Å²) in [5.41, 5.74) is 0. The van der Waals surface area contributed by atoms with Gasteiger partial charge in [-0.2, -0.15) is 0 Å². The highest BCUT2D eigenvalue weighted by atomic mass is 35.5. The number of thioether (sulfide) groups is 1. The van der Waals surface area contributed by atoms with Gasteiger partial charge in [0.05, 0.1) is 10.8 Å². The molecular weight excluding hydrogens is 444 g/mol. The van der Waals surface area contributed by atoms with Gasteiger partial charge in [-0.1, -0.05) is 59.8 Å². The molecule has 1 unspecified atom stereocenters. The monoisotopic (exact) mass is 464 g/mol. The van der Waals surface area contributed by atoms with Crippen LogP contribution in [0.25, 0.3) is 0 Å². The van der Waals surface area contributed by atoms with Crippen LogP contribution in [0.2, 0.25) is 5.02 Å². The molecule has 11 heteroatoms. The first-order valence-corrected chi connectivity index (χ1v) is 11.4.